The maximum Gasteiger partial charge on any atom is 0.248 e. The van der Waals surface area contributed by atoms with Crippen molar-refractivity contribution in [3.63, 3.8) is 0 Å². The van der Waals surface area contributed by atoms with Crippen LogP contribution < -0.4 is 16.4 Å². The Kier molecular flexibility index (Phi) is 9.48. The lowest BCUT2D eigenvalue weighted by atomic mass is 10.0. The highest BCUT2D eigenvalue weighted by Gasteiger charge is 2.21. The first-order valence-corrected chi connectivity index (χ1v) is 14.3. The van der Waals surface area contributed by atoms with Crippen molar-refractivity contribution in [1.29, 1.82) is 0 Å². The van der Waals surface area contributed by atoms with Gasteiger partial charge in [0, 0.05) is 66.6 Å². The van der Waals surface area contributed by atoms with E-state index in [1.54, 1.807) is 24.2 Å². The zero-order valence-electron chi connectivity index (χ0n) is 23.5. The number of nitrogens with one attached hydrogen (secondary N) is 3. The van der Waals surface area contributed by atoms with E-state index in [-0.39, 0.29) is 18.5 Å². The van der Waals surface area contributed by atoms with Crippen molar-refractivity contribution in [2.75, 3.05) is 43.9 Å². The summed E-state index contributed by atoms with van der Waals surface area (Å²) in [4.78, 5) is 39.8. The maximum atomic E-state index is 12.2. The number of halogens is 1. The van der Waals surface area contributed by atoms with Crippen LogP contribution in [0.1, 0.15) is 18.4 Å². The van der Waals surface area contributed by atoms with Gasteiger partial charge < -0.3 is 21.4 Å². The zero-order chi connectivity index (χ0) is 29.5. The van der Waals surface area contributed by atoms with Crippen molar-refractivity contribution >= 4 is 46.0 Å². The number of amides is 2. The molecule has 5 rings (SSSR count). The van der Waals surface area contributed by atoms with Crippen molar-refractivity contribution in [2.45, 2.75) is 25.4 Å². The number of hydrogen-bond donors (Lipinski definition) is 4. The van der Waals surface area contributed by atoms with Gasteiger partial charge in [0.1, 0.15) is 0 Å². The normalized spacial score (nSPS) is 14.5. The van der Waals surface area contributed by atoms with Crippen LogP contribution in [0.2, 0.25) is 5.02 Å². The van der Waals surface area contributed by atoms with Crippen LogP contribution >= 0.6 is 11.6 Å². The molecule has 0 aliphatic carbocycles. The van der Waals surface area contributed by atoms with E-state index in [9.17, 15) is 9.59 Å². The minimum atomic E-state index is -0.403. The molecular formula is C31H35ClN8O2. The molecule has 1 aliphatic rings. The largest absolute Gasteiger partial charge is 0.369 e. The summed E-state index contributed by atoms with van der Waals surface area (Å²) in [5, 5.41) is 7.97. The first kappa shape index (κ1) is 29.2. The number of likely N-dealkylation sites (N-methyl/N-ethyl adjacent to an activating group) is 1. The van der Waals surface area contributed by atoms with Gasteiger partial charge in [0.2, 0.25) is 17.8 Å². The molecule has 0 bridgehead atoms. The molecule has 1 fully saturated rings. The van der Waals surface area contributed by atoms with Gasteiger partial charge in [-0.3, -0.25) is 19.4 Å². The number of anilines is 2. The van der Waals surface area contributed by atoms with Gasteiger partial charge in [0.05, 0.1) is 23.5 Å². The predicted molar refractivity (Wildman–Crippen MR) is 167 cm³/mol. The summed E-state index contributed by atoms with van der Waals surface area (Å²) in [6, 6.07) is 16.3. The third-order valence-electron chi connectivity index (χ3n) is 7.25. The summed E-state index contributed by atoms with van der Waals surface area (Å²) < 4.78 is 0. The predicted octanol–water partition coefficient (Wildman–Crippen LogP) is 4.27. The Balaban J connectivity index is 1.09. The molecular weight excluding hydrogens is 552 g/mol. The molecule has 1 aliphatic heterocycles. The average molecular weight is 587 g/mol. The summed E-state index contributed by atoms with van der Waals surface area (Å²) in [5.74, 6) is -0.0355. The van der Waals surface area contributed by atoms with E-state index in [1.165, 1.54) is 11.6 Å². The molecule has 5 N–H and O–H groups in total. The second kappa shape index (κ2) is 13.6. The molecule has 0 atom stereocenters. The number of carbonyl (C=O) groups is 2. The van der Waals surface area contributed by atoms with Gasteiger partial charge in [-0.15, -0.1) is 0 Å². The number of para-hydroxylation sites is 1. The Labute approximate surface area is 250 Å². The minimum Gasteiger partial charge on any atom is -0.369 e. The van der Waals surface area contributed by atoms with Gasteiger partial charge >= 0.3 is 0 Å². The molecule has 0 spiro atoms. The number of likely N-dealkylation sites (tertiary alicyclic amines) is 1. The fraction of sp³-hybridized carbons (Fsp3) is 0.290. The third kappa shape index (κ3) is 7.73. The lowest BCUT2D eigenvalue weighted by Crippen LogP contribution is -2.39. The maximum absolute atomic E-state index is 12.2. The molecule has 2 aromatic carbocycles. The molecule has 11 heteroatoms. The van der Waals surface area contributed by atoms with Gasteiger partial charge in [-0.1, -0.05) is 48.0 Å². The fourth-order valence-corrected chi connectivity index (χ4v) is 5.31. The number of nitrogens with two attached hydrogens (primary N) is 1. The number of carbonyl (C=O) groups excluding carboxylic acids is 2. The first-order valence-electron chi connectivity index (χ1n) is 14.0. The molecule has 218 valence electrons. The zero-order valence-corrected chi connectivity index (χ0v) is 24.3. The lowest BCUT2D eigenvalue weighted by molar-refractivity contribution is -0.118. The summed E-state index contributed by atoms with van der Waals surface area (Å²) in [6.07, 6.45) is 8.72. The van der Waals surface area contributed by atoms with E-state index >= 15 is 0 Å². The molecule has 10 nitrogen and oxygen atoms in total. The number of benzene rings is 2. The molecule has 1 saturated heterocycles. The van der Waals surface area contributed by atoms with Gasteiger partial charge in [-0.25, -0.2) is 9.97 Å². The number of H-pyrrole nitrogens is 1. The van der Waals surface area contributed by atoms with Crippen molar-refractivity contribution in [1.82, 2.24) is 24.8 Å². The second-order valence-corrected chi connectivity index (χ2v) is 11.0. The molecule has 2 aromatic heterocycles. The van der Waals surface area contributed by atoms with Crippen molar-refractivity contribution in [3.8, 4) is 11.3 Å². The highest BCUT2D eigenvalue weighted by molar-refractivity contribution is 6.33. The first-order chi connectivity index (χ1) is 20.3. The van der Waals surface area contributed by atoms with Crippen LogP contribution in [0.15, 0.2) is 73.1 Å². The van der Waals surface area contributed by atoms with E-state index in [4.69, 9.17) is 22.3 Å². The summed E-state index contributed by atoms with van der Waals surface area (Å²) >= 11 is 6.49. The molecule has 42 heavy (non-hydrogen) atoms. The number of aromatic amines is 1. The summed E-state index contributed by atoms with van der Waals surface area (Å²) in [5.41, 5.74) is 9.81. The van der Waals surface area contributed by atoms with Gasteiger partial charge in [-0.05, 0) is 43.7 Å². The van der Waals surface area contributed by atoms with Gasteiger partial charge in [-0.2, -0.15) is 0 Å². The quantitative estimate of drug-likeness (QED) is 0.193. The van der Waals surface area contributed by atoms with E-state index in [0.717, 1.165) is 54.6 Å². The average Bonchev–Trinajstić information content (AvgIpc) is 3.40. The summed E-state index contributed by atoms with van der Waals surface area (Å²) in [7, 11) is 1.76. The Morgan fingerprint density at radius 2 is 1.93 bits per heavy atom. The van der Waals surface area contributed by atoms with Crippen LogP contribution in [0.3, 0.4) is 0 Å². The Morgan fingerprint density at radius 3 is 2.69 bits per heavy atom. The Bertz CT molecular complexity index is 1560. The molecule has 2 amide bonds. The Hall–Kier alpha value is -4.25. The van der Waals surface area contributed by atoms with Crippen LogP contribution in [-0.2, 0) is 16.1 Å². The number of aromatic nitrogens is 3. The SMILES string of the molecule is CN(C/C=C/C(=O)Nc1ccc(CN2CCC(Nc3ncc(Cl)c(-c4c[nH]c5ccccc45)n3)CC2)cc1)CC(N)=O. The number of hydrogen-bond acceptors (Lipinski definition) is 7. The number of primary amides is 1. The fourth-order valence-electron chi connectivity index (χ4n) is 5.12. The minimum absolute atomic E-state index is 0.145. The van der Waals surface area contributed by atoms with E-state index in [0.29, 0.717) is 23.2 Å². The smallest absolute Gasteiger partial charge is 0.248 e. The third-order valence-corrected chi connectivity index (χ3v) is 7.53. The standard InChI is InChI=1S/C31H35ClN8O2/c1-39(20-28(33)41)14-4-7-29(42)36-22-10-8-21(9-11-22)19-40-15-12-23(13-16-40)37-31-35-18-26(32)30(38-31)25-17-34-27-6-3-2-5-24(25)27/h2-11,17-18,23,34H,12-16,19-20H2,1H3,(H2,33,41)(H,36,42)(H,35,37,38)/b7-4+. The number of piperidine rings is 1. The van der Waals surface area contributed by atoms with Crippen LogP contribution in [0.25, 0.3) is 22.2 Å². The van der Waals surface area contributed by atoms with Crippen molar-refractivity contribution < 1.29 is 9.59 Å². The molecule has 0 saturated carbocycles. The lowest BCUT2D eigenvalue weighted by Gasteiger charge is -2.32. The second-order valence-electron chi connectivity index (χ2n) is 10.6. The van der Waals surface area contributed by atoms with Crippen LogP contribution in [0, 0.1) is 0 Å². The van der Waals surface area contributed by atoms with Crippen LogP contribution in [-0.4, -0.2) is 75.8 Å². The molecule has 3 heterocycles. The molecule has 4 aromatic rings. The number of rotatable bonds is 11. The highest BCUT2D eigenvalue weighted by Crippen LogP contribution is 2.32. The van der Waals surface area contributed by atoms with Gasteiger partial charge in [0.15, 0.2) is 0 Å². The van der Waals surface area contributed by atoms with E-state index in [2.05, 4.69) is 31.6 Å². The highest BCUT2D eigenvalue weighted by atomic mass is 35.5. The number of fused-ring (bicyclic) bond motifs is 1. The van der Waals surface area contributed by atoms with Crippen LogP contribution in [0.4, 0.5) is 11.6 Å². The van der Waals surface area contributed by atoms with Crippen molar-refractivity contribution in [2.24, 2.45) is 5.73 Å². The number of nitrogens with zero attached hydrogens (tertiary/aromatic N) is 4. The topological polar surface area (TPSA) is 132 Å². The van der Waals surface area contributed by atoms with E-state index < -0.39 is 5.91 Å². The van der Waals surface area contributed by atoms with E-state index in [1.807, 2.05) is 48.7 Å². The summed E-state index contributed by atoms with van der Waals surface area (Å²) in [6.45, 7) is 3.35. The van der Waals surface area contributed by atoms with Gasteiger partial charge in [0.25, 0.3) is 0 Å². The molecule has 0 radical (unpaired) electrons. The molecule has 0 unspecified atom stereocenters. The monoisotopic (exact) mass is 586 g/mol. The van der Waals surface area contributed by atoms with Crippen molar-refractivity contribution in [3.05, 3.63) is 83.7 Å². The van der Waals surface area contributed by atoms with Crippen LogP contribution in [0.5, 0.6) is 0 Å². The Morgan fingerprint density at radius 1 is 1.17 bits per heavy atom.